The molecule has 38 heavy (non-hydrogen) atoms. The van der Waals surface area contributed by atoms with Gasteiger partial charge in [-0.1, -0.05) is 0 Å². The molecule has 1 heterocycles. The number of alkyl carbamates (subject to hydrolysis) is 1. The third-order valence-corrected chi connectivity index (χ3v) is 4.42. The summed E-state index contributed by atoms with van der Waals surface area (Å²) < 4.78 is 35.6. The fourth-order valence-corrected chi connectivity index (χ4v) is 3.20. The molecule has 1 aliphatic heterocycles. The molecule has 0 aliphatic carbocycles. The fourth-order valence-electron chi connectivity index (χ4n) is 3.20. The highest BCUT2D eigenvalue weighted by Crippen LogP contribution is 2.30. The van der Waals surface area contributed by atoms with E-state index in [2.05, 4.69) is 4.74 Å². The minimum absolute atomic E-state index is 0.891. The quantitative estimate of drug-likeness (QED) is 0.276. The van der Waals surface area contributed by atoms with Crippen LogP contribution in [-0.2, 0) is 61.9 Å². The van der Waals surface area contributed by atoms with Crippen LogP contribution in [0.2, 0.25) is 0 Å². The average molecular weight is 549 g/mol. The third kappa shape index (κ3) is 10.2. The van der Waals surface area contributed by atoms with E-state index >= 15 is 0 Å². The van der Waals surface area contributed by atoms with Gasteiger partial charge in [-0.25, -0.2) is 14.4 Å². The van der Waals surface area contributed by atoms with Crippen LogP contribution < -0.4 is 5.32 Å². The number of nitrogens with one attached hydrogen (secondary N) is 1. The lowest BCUT2D eigenvalue weighted by Gasteiger charge is -2.42. The molecule has 1 rings (SSSR count). The second kappa shape index (κ2) is 13.6. The number of ether oxygens (including phenoxy) is 7. The molecule has 0 radical (unpaired) electrons. The van der Waals surface area contributed by atoms with Crippen molar-refractivity contribution in [1.29, 1.82) is 0 Å². The lowest BCUT2D eigenvalue weighted by atomic mass is 9.97. The van der Waals surface area contributed by atoms with Gasteiger partial charge in [0.15, 0.2) is 18.3 Å². The van der Waals surface area contributed by atoms with Gasteiger partial charge in [0.05, 0.1) is 13.5 Å². The first-order chi connectivity index (χ1) is 17.4. The molecular formula is C22H31NO15. The van der Waals surface area contributed by atoms with E-state index in [-0.39, 0.29) is 0 Å². The van der Waals surface area contributed by atoms with Crippen LogP contribution in [0.4, 0.5) is 4.79 Å². The molecule has 6 atom stereocenters. The van der Waals surface area contributed by atoms with E-state index in [1.807, 2.05) is 5.32 Å². The highest BCUT2D eigenvalue weighted by Gasteiger charge is 2.56. The number of hydrogen-bond acceptors (Lipinski definition) is 14. The largest absolute Gasteiger partial charge is 0.481 e. The van der Waals surface area contributed by atoms with Crippen molar-refractivity contribution >= 4 is 41.9 Å². The summed E-state index contributed by atoms with van der Waals surface area (Å²) in [6.45, 7) is 7.46. The van der Waals surface area contributed by atoms with Crippen molar-refractivity contribution in [3.63, 3.8) is 0 Å². The predicted octanol–water partition coefficient (Wildman–Crippen LogP) is -0.409. The number of amides is 1. The van der Waals surface area contributed by atoms with Crippen LogP contribution in [0.1, 0.15) is 48.0 Å². The highest BCUT2D eigenvalue weighted by atomic mass is 16.8. The number of rotatable bonds is 9. The van der Waals surface area contributed by atoms with Crippen molar-refractivity contribution < 1.29 is 71.8 Å². The van der Waals surface area contributed by atoms with Crippen LogP contribution in [0, 0.1) is 0 Å². The molecule has 0 aromatic rings. The van der Waals surface area contributed by atoms with Gasteiger partial charge in [-0.15, -0.1) is 0 Å². The fraction of sp³-hybridized carbons (Fsp3) is 0.682. The molecule has 16 heteroatoms. The summed E-state index contributed by atoms with van der Waals surface area (Å²) >= 11 is 0. The molecule has 0 saturated carbocycles. The third-order valence-electron chi connectivity index (χ3n) is 4.42. The summed E-state index contributed by atoms with van der Waals surface area (Å²) in [4.78, 5) is 84.0. The maximum atomic E-state index is 12.7. The zero-order valence-corrected chi connectivity index (χ0v) is 21.8. The Morgan fingerprint density at radius 3 is 1.79 bits per heavy atom. The maximum Gasteiger partial charge on any atom is 0.410 e. The number of carbonyl (C=O) groups is 7. The Hall–Kier alpha value is -3.95. The lowest BCUT2D eigenvalue weighted by molar-refractivity contribution is -0.288. The first-order valence-corrected chi connectivity index (χ1v) is 11.1. The Morgan fingerprint density at radius 2 is 1.34 bits per heavy atom. The van der Waals surface area contributed by atoms with Gasteiger partial charge in [-0.2, -0.15) is 0 Å². The molecule has 1 aliphatic rings. The summed E-state index contributed by atoms with van der Waals surface area (Å²) in [6, 6.07) is -1.72. The first-order valence-electron chi connectivity index (χ1n) is 11.1. The Bertz CT molecular complexity index is 940. The molecule has 16 nitrogen and oxygen atoms in total. The Kier molecular flexibility index (Phi) is 11.4. The zero-order valence-electron chi connectivity index (χ0n) is 21.8. The number of aliphatic carboxylic acids is 1. The van der Waals surface area contributed by atoms with Crippen LogP contribution >= 0.6 is 0 Å². The van der Waals surface area contributed by atoms with Gasteiger partial charge >= 0.3 is 41.9 Å². The monoisotopic (exact) mass is 549 g/mol. The summed E-state index contributed by atoms with van der Waals surface area (Å²) in [5, 5.41) is 11.1. The molecule has 0 aromatic carbocycles. The zero-order chi connectivity index (χ0) is 29.4. The molecule has 0 aromatic heterocycles. The molecular weight excluding hydrogens is 518 g/mol. The Morgan fingerprint density at radius 1 is 0.842 bits per heavy atom. The van der Waals surface area contributed by atoms with E-state index in [9.17, 15) is 33.6 Å². The molecule has 1 fully saturated rings. The summed E-state index contributed by atoms with van der Waals surface area (Å²) in [5.74, 6) is -6.56. The van der Waals surface area contributed by atoms with Crippen LogP contribution in [0.15, 0.2) is 0 Å². The minimum Gasteiger partial charge on any atom is -0.481 e. The lowest BCUT2D eigenvalue weighted by Crippen LogP contribution is -2.64. The average Bonchev–Trinajstić information content (AvgIpc) is 2.74. The van der Waals surface area contributed by atoms with Gasteiger partial charge < -0.3 is 43.6 Å². The van der Waals surface area contributed by atoms with Crippen molar-refractivity contribution in [3.8, 4) is 0 Å². The van der Waals surface area contributed by atoms with E-state index in [1.54, 1.807) is 0 Å². The topological polar surface area (TPSA) is 216 Å². The molecule has 1 amide bonds. The van der Waals surface area contributed by atoms with E-state index in [0.29, 0.717) is 0 Å². The van der Waals surface area contributed by atoms with Crippen LogP contribution in [0.5, 0.6) is 0 Å². The number of methoxy groups -OCH3 is 1. The Balaban J connectivity index is 3.36. The highest BCUT2D eigenvalue weighted by molar-refractivity contribution is 5.86. The second-order valence-electron chi connectivity index (χ2n) is 8.90. The van der Waals surface area contributed by atoms with Crippen molar-refractivity contribution in [3.05, 3.63) is 0 Å². The molecule has 2 N–H and O–H groups in total. The van der Waals surface area contributed by atoms with Gasteiger partial charge in [-0.05, 0) is 20.8 Å². The van der Waals surface area contributed by atoms with Crippen LogP contribution in [-0.4, -0.2) is 96.5 Å². The van der Waals surface area contributed by atoms with Gasteiger partial charge in [-0.3, -0.25) is 19.2 Å². The smallest absolute Gasteiger partial charge is 0.410 e. The van der Waals surface area contributed by atoms with Gasteiger partial charge in [0.25, 0.3) is 0 Å². The van der Waals surface area contributed by atoms with Crippen molar-refractivity contribution in [2.75, 3.05) is 7.11 Å². The first kappa shape index (κ1) is 32.1. The summed E-state index contributed by atoms with van der Waals surface area (Å²) in [7, 11) is 0.968. The number of esters is 5. The van der Waals surface area contributed by atoms with Crippen molar-refractivity contribution in [1.82, 2.24) is 5.32 Å². The summed E-state index contributed by atoms with van der Waals surface area (Å²) in [5.41, 5.74) is -1.02. The van der Waals surface area contributed by atoms with E-state index in [1.165, 1.54) is 20.8 Å². The van der Waals surface area contributed by atoms with Crippen LogP contribution in [0.3, 0.4) is 0 Å². The normalized spacial score (nSPS) is 23.6. The van der Waals surface area contributed by atoms with E-state index in [0.717, 1.165) is 27.9 Å². The van der Waals surface area contributed by atoms with Gasteiger partial charge in [0, 0.05) is 20.8 Å². The van der Waals surface area contributed by atoms with E-state index < -0.39 is 90.7 Å². The number of hydrogen-bond donors (Lipinski definition) is 2. The summed E-state index contributed by atoms with van der Waals surface area (Å²) in [6.07, 6.45) is -11.4. The standard InChI is InChI=1S/C22H31NO15/c1-9(24)33-14-15(34-10(2)25)17(35-11(3)26)20(36-16(14)19(30)32-7)37-21(31)23-12(8-13(27)28)18(29)38-22(4,5)6/h12,14-17,20H,8H2,1-7H3,(H,23,31)(H,27,28)/t12-,14-,15-,16-,17+,20?/m0/s1. The molecule has 0 bridgehead atoms. The molecule has 1 unspecified atom stereocenters. The van der Waals surface area contributed by atoms with Gasteiger partial charge in [0.1, 0.15) is 11.6 Å². The predicted molar refractivity (Wildman–Crippen MR) is 119 cm³/mol. The van der Waals surface area contributed by atoms with Crippen molar-refractivity contribution in [2.45, 2.75) is 90.3 Å². The van der Waals surface area contributed by atoms with Crippen molar-refractivity contribution in [2.24, 2.45) is 0 Å². The number of carboxylic acid groups (broad SMARTS) is 1. The van der Waals surface area contributed by atoms with E-state index in [4.69, 9.17) is 33.5 Å². The number of carboxylic acids is 1. The Labute approximate surface area is 217 Å². The molecule has 0 spiro atoms. The number of carbonyl (C=O) groups excluding carboxylic acids is 6. The molecule has 1 saturated heterocycles. The minimum atomic E-state index is -2.00. The molecule has 214 valence electrons. The second-order valence-corrected chi connectivity index (χ2v) is 8.90. The SMILES string of the molecule is COC(=O)[C@H]1OC(OC(=O)N[C@@H](CC(=O)O)C(=O)OC(C)(C)C)[C@H](OC(C)=O)[C@@H](OC(C)=O)[C@@H]1OC(C)=O. The maximum absolute atomic E-state index is 12.7. The van der Waals surface area contributed by atoms with Gasteiger partial charge in [0.2, 0.25) is 12.4 Å². The van der Waals surface area contributed by atoms with Crippen LogP contribution in [0.25, 0.3) is 0 Å².